The lowest BCUT2D eigenvalue weighted by atomic mass is 10.1. The molecule has 0 bridgehead atoms. The number of hydrogen-bond acceptors (Lipinski definition) is 4. The number of nitrogens with zero attached hydrogens (tertiary/aromatic N) is 1. The Bertz CT molecular complexity index is 504. The zero-order chi connectivity index (χ0) is 15.4. The van der Waals surface area contributed by atoms with E-state index in [0.29, 0.717) is 11.6 Å². The number of benzene rings is 1. The van der Waals surface area contributed by atoms with Gasteiger partial charge in [0.1, 0.15) is 0 Å². The second-order valence-electron chi connectivity index (χ2n) is 5.79. The molecule has 0 aliphatic carbocycles. The minimum absolute atomic E-state index is 0.0155. The Labute approximate surface area is 126 Å². The number of carbonyl (C=O) groups excluding carboxylic acids is 1. The molecule has 21 heavy (non-hydrogen) atoms. The topological polar surface area (TPSA) is 67.6 Å². The van der Waals surface area contributed by atoms with Crippen LogP contribution >= 0.6 is 0 Å². The molecular formula is C16H25N3O2. The molecule has 1 saturated heterocycles. The van der Waals surface area contributed by atoms with Crippen LogP contribution in [0.5, 0.6) is 0 Å². The zero-order valence-corrected chi connectivity index (χ0v) is 13.1. The summed E-state index contributed by atoms with van der Waals surface area (Å²) in [5, 5.41) is 2.98. The third-order valence-electron chi connectivity index (χ3n) is 4.28. The molecule has 1 heterocycles. The second kappa shape index (κ2) is 6.91. The second-order valence-corrected chi connectivity index (χ2v) is 5.79. The molecule has 1 aliphatic heterocycles. The summed E-state index contributed by atoms with van der Waals surface area (Å²) in [5.41, 5.74) is 8.27. The maximum absolute atomic E-state index is 12.4. The molecular weight excluding hydrogens is 266 g/mol. The summed E-state index contributed by atoms with van der Waals surface area (Å²) < 4.78 is 5.20. The first kappa shape index (κ1) is 15.8. The lowest BCUT2D eigenvalue weighted by Crippen LogP contribution is -2.41. The van der Waals surface area contributed by atoms with Crippen molar-refractivity contribution in [2.75, 3.05) is 37.9 Å². The van der Waals surface area contributed by atoms with Gasteiger partial charge in [-0.1, -0.05) is 6.07 Å². The molecule has 2 unspecified atom stereocenters. The average Bonchev–Trinajstić information content (AvgIpc) is 2.92. The van der Waals surface area contributed by atoms with E-state index < -0.39 is 0 Å². The number of methoxy groups -OCH3 is 1. The summed E-state index contributed by atoms with van der Waals surface area (Å²) in [6, 6.07) is 5.43. The molecule has 1 aromatic rings. The Hall–Kier alpha value is -1.59. The fourth-order valence-corrected chi connectivity index (χ4v) is 2.78. The lowest BCUT2D eigenvalue weighted by Gasteiger charge is -2.24. The maximum atomic E-state index is 12.4. The molecule has 5 heteroatoms. The van der Waals surface area contributed by atoms with Gasteiger partial charge in [-0.05, 0) is 50.4 Å². The van der Waals surface area contributed by atoms with Gasteiger partial charge in [-0.3, -0.25) is 9.69 Å². The summed E-state index contributed by atoms with van der Waals surface area (Å²) in [6.45, 7) is 6.49. The SMILES string of the molecule is COCC1CCN(C(C)C(=O)Nc2cccc(N)c2C)C1. The van der Waals surface area contributed by atoms with Crippen molar-refractivity contribution in [2.45, 2.75) is 26.3 Å². The molecule has 1 aromatic carbocycles. The third-order valence-corrected chi connectivity index (χ3v) is 4.28. The highest BCUT2D eigenvalue weighted by Gasteiger charge is 2.29. The van der Waals surface area contributed by atoms with E-state index in [9.17, 15) is 4.79 Å². The molecule has 2 atom stereocenters. The summed E-state index contributed by atoms with van der Waals surface area (Å²) in [6.07, 6.45) is 1.09. The number of rotatable bonds is 5. The molecule has 2 rings (SSSR count). The van der Waals surface area contributed by atoms with E-state index >= 15 is 0 Å². The summed E-state index contributed by atoms with van der Waals surface area (Å²) >= 11 is 0. The number of anilines is 2. The van der Waals surface area contributed by atoms with Crippen molar-refractivity contribution in [1.29, 1.82) is 0 Å². The first-order valence-corrected chi connectivity index (χ1v) is 7.42. The molecule has 5 nitrogen and oxygen atoms in total. The van der Waals surface area contributed by atoms with E-state index in [1.165, 1.54) is 0 Å². The van der Waals surface area contributed by atoms with Crippen molar-refractivity contribution in [3.05, 3.63) is 23.8 Å². The predicted octanol–water partition coefficient (Wildman–Crippen LogP) is 1.87. The molecule has 0 saturated carbocycles. The molecule has 116 valence electrons. The van der Waals surface area contributed by atoms with E-state index in [1.807, 2.05) is 32.0 Å². The Morgan fingerprint density at radius 2 is 2.33 bits per heavy atom. The number of hydrogen-bond donors (Lipinski definition) is 2. The number of nitrogen functional groups attached to an aromatic ring is 1. The first-order valence-electron chi connectivity index (χ1n) is 7.42. The van der Waals surface area contributed by atoms with Crippen LogP contribution in [0.25, 0.3) is 0 Å². The third kappa shape index (κ3) is 3.74. The number of likely N-dealkylation sites (tertiary alicyclic amines) is 1. The number of amides is 1. The molecule has 0 radical (unpaired) electrons. The van der Waals surface area contributed by atoms with Gasteiger partial charge in [-0.2, -0.15) is 0 Å². The predicted molar refractivity (Wildman–Crippen MR) is 85.2 cm³/mol. The average molecular weight is 291 g/mol. The molecule has 0 spiro atoms. The highest BCUT2D eigenvalue weighted by Crippen LogP contribution is 2.22. The van der Waals surface area contributed by atoms with E-state index in [0.717, 1.165) is 37.4 Å². The van der Waals surface area contributed by atoms with Crippen molar-refractivity contribution < 1.29 is 9.53 Å². The van der Waals surface area contributed by atoms with Crippen molar-refractivity contribution in [3.63, 3.8) is 0 Å². The van der Waals surface area contributed by atoms with Crippen LogP contribution in [0, 0.1) is 12.8 Å². The minimum atomic E-state index is -0.146. The van der Waals surface area contributed by atoms with Gasteiger partial charge in [0.25, 0.3) is 0 Å². The maximum Gasteiger partial charge on any atom is 0.241 e. The lowest BCUT2D eigenvalue weighted by molar-refractivity contribution is -0.120. The summed E-state index contributed by atoms with van der Waals surface area (Å²) in [5.74, 6) is 0.543. The van der Waals surface area contributed by atoms with Gasteiger partial charge in [0.15, 0.2) is 0 Å². The Morgan fingerprint density at radius 3 is 3.05 bits per heavy atom. The fraction of sp³-hybridized carbons (Fsp3) is 0.562. The summed E-state index contributed by atoms with van der Waals surface area (Å²) in [4.78, 5) is 14.6. The van der Waals surface area contributed by atoms with Crippen LogP contribution in [0.4, 0.5) is 11.4 Å². The minimum Gasteiger partial charge on any atom is -0.398 e. The van der Waals surface area contributed by atoms with Gasteiger partial charge in [-0.25, -0.2) is 0 Å². The van der Waals surface area contributed by atoms with Gasteiger partial charge in [-0.15, -0.1) is 0 Å². The number of nitrogens with one attached hydrogen (secondary N) is 1. The van der Waals surface area contributed by atoms with E-state index in [2.05, 4.69) is 10.2 Å². The van der Waals surface area contributed by atoms with Crippen molar-refractivity contribution >= 4 is 17.3 Å². The molecule has 1 fully saturated rings. The van der Waals surface area contributed by atoms with Crippen LogP contribution < -0.4 is 11.1 Å². The number of ether oxygens (including phenoxy) is 1. The van der Waals surface area contributed by atoms with E-state index in [4.69, 9.17) is 10.5 Å². The Kier molecular flexibility index (Phi) is 5.20. The highest BCUT2D eigenvalue weighted by molar-refractivity contribution is 5.95. The van der Waals surface area contributed by atoms with Gasteiger partial charge in [0.05, 0.1) is 12.6 Å². The van der Waals surface area contributed by atoms with Crippen LogP contribution in [-0.2, 0) is 9.53 Å². The van der Waals surface area contributed by atoms with Gasteiger partial charge < -0.3 is 15.8 Å². The summed E-state index contributed by atoms with van der Waals surface area (Å²) in [7, 11) is 1.72. The van der Waals surface area contributed by atoms with Crippen LogP contribution in [0.15, 0.2) is 18.2 Å². The van der Waals surface area contributed by atoms with Gasteiger partial charge in [0.2, 0.25) is 5.91 Å². The standard InChI is InChI=1S/C16H25N3O2/c1-11-14(17)5-4-6-15(11)18-16(20)12(2)19-8-7-13(9-19)10-21-3/h4-6,12-13H,7-10,17H2,1-3H3,(H,18,20). The van der Waals surface area contributed by atoms with Crippen LogP contribution in [-0.4, -0.2) is 43.7 Å². The smallest absolute Gasteiger partial charge is 0.241 e. The zero-order valence-electron chi connectivity index (χ0n) is 13.1. The monoisotopic (exact) mass is 291 g/mol. The van der Waals surface area contributed by atoms with Crippen LogP contribution in [0.2, 0.25) is 0 Å². The van der Waals surface area contributed by atoms with Crippen LogP contribution in [0.3, 0.4) is 0 Å². The fourth-order valence-electron chi connectivity index (χ4n) is 2.78. The largest absolute Gasteiger partial charge is 0.398 e. The first-order chi connectivity index (χ1) is 10.0. The molecule has 0 aromatic heterocycles. The highest BCUT2D eigenvalue weighted by atomic mass is 16.5. The number of nitrogens with two attached hydrogens (primary N) is 1. The van der Waals surface area contributed by atoms with Gasteiger partial charge >= 0.3 is 0 Å². The Balaban J connectivity index is 1.95. The quantitative estimate of drug-likeness (QED) is 0.813. The molecule has 3 N–H and O–H groups in total. The van der Waals surface area contributed by atoms with Crippen molar-refractivity contribution in [2.24, 2.45) is 5.92 Å². The van der Waals surface area contributed by atoms with Crippen molar-refractivity contribution in [3.8, 4) is 0 Å². The van der Waals surface area contributed by atoms with E-state index in [-0.39, 0.29) is 11.9 Å². The normalized spacial score (nSPS) is 20.4. The van der Waals surface area contributed by atoms with E-state index in [1.54, 1.807) is 7.11 Å². The Morgan fingerprint density at radius 1 is 1.57 bits per heavy atom. The molecule has 1 amide bonds. The van der Waals surface area contributed by atoms with Gasteiger partial charge in [0, 0.05) is 25.0 Å². The number of carbonyl (C=O) groups is 1. The molecule has 1 aliphatic rings. The van der Waals surface area contributed by atoms with Crippen molar-refractivity contribution in [1.82, 2.24) is 4.90 Å². The van der Waals surface area contributed by atoms with Crippen LogP contribution in [0.1, 0.15) is 18.9 Å².